The van der Waals surface area contributed by atoms with E-state index < -0.39 is 10.0 Å². The zero-order valence-electron chi connectivity index (χ0n) is 7.00. The molecule has 4 heteroatoms. The molecule has 0 heterocycles. The van der Waals surface area contributed by atoms with Gasteiger partial charge in [0.2, 0.25) is 10.0 Å². The van der Waals surface area contributed by atoms with Crippen LogP contribution in [0.25, 0.3) is 0 Å². The molecule has 0 saturated heterocycles. The third kappa shape index (κ3) is 4.98. The van der Waals surface area contributed by atoms with Crippen molar-refractivity contribution in [2.24, 2.45) is 0 Å². The van der Waals surface area contributed by atoms with Crippen molar-refractivity contribution in [3.8, 4) is 0 Å². The molecule has 11 heavy (non-hydrogen) atoms. The molecule has 0 aromatic carbocycles. The van der Waals surface area contributed by atoms with Gasteiger partial charge in [0, 0.05) is 11.4 Å². The predicted molar refractivity (Wildman–Crippen MR) is 46.6 cm³/mol. The van der Waals surface area contributed by atoms with Crippen LogP contribution in [0.4, 0.5) is 0 Å². The summed E-state index contributed by atoms with van der Waals surface area (Å²) in [4.78, 5) is 0. The van der Waals surface area contributed by atoms with Crippen LogP contribution in [0.15, 0.2) is 12.0 Å². The fourth-order valence-electron chi connectivity index (χ4n) is 0.820. The minimum absolute atomic E-state index is 0.00278. The van der Waals surface area contributed by atoms with Gasteiger partial charge in [0.1, 0.15) is 0 Å². The van der Waals surface area contributed by atoms with Crippen molar-refractivity contribution in [2.45, 2.75) is 32.7 Å². The van der Waals surface area contributed by atoms with Crippen LogP contribution in [0.5, 0.6) is 0 Å². The van der Waals surface area contributed by atoms with E-state index in [2.05, 4.69) is 11.3 Å². The highest BCUT2D eigenvalue weighted by atomic mass is 32.2. The molecule has 1 N–H and O–H groups in total. The molecular weight excluding hydrogens is 162 g/mol. The van der Waals surface area contributed by atoms with E-state index in [-0.39, 0.29) is 6.04 Å². The molecule has 0 rings (SSSR count). The molecule has 66 valence electrons. The van der Waals surface area contributed by atoms with Gasteiger partial charge in [0.05, 0.1) is 0 Å². The largest absolute Gasteiger partial charge is 0.233 e. The number of hydrogen-bond donors (Lipinski definition) is 1. The molecule has 0 spiro atoms. The minimum Gasteiger partial charge on any atom is -0.209 e. The molecule has 0 aliphatic heterocycles. The second kappa shape index (κ2) is 4.51. The summed E-state index contributed by atoms with van der Waals surface area (Å²) in [6.07, 6.45) is 1.83. The first-order valence-electron chi connectivity index (χ1n) is 3.66. The van der Waals surface area contributed by atoms with Crippen molar-refractivity contribution < 1.29 is 8.42 Å². The molecule has 0 aliphatic carbocycles. The smallest absolute Gasteiger partial charge is 0.209 e. The van der Waals surface area contributed by atoms with Crippen LogP contribution >= 0.6 is 0 Å². The van der Waals surface area contributed by atoms with Crippen molar-refractivity contribution in [1.29, 1.82) is 0 Å². The van der Waals surface area contributed by atoms with Crippen LogP contribution in [-0.2, 0) is 10.0 Å². The van der Waals surface area contributed by atoms with Crippen molar-refractivity contribution in [2.75, 3.05) is 0 Å². The molecular formula is C7H15NO2S. The SMILES string of the molecule is C=CS(=O)(=O)NC(C)CCC. The molecule has 1 atom stereocenters. The number of hydrogen-bond acceptors (Lipinski definition) is 2. The van der Waals surface area contributed by atoms with E-state index in [0.29, 0.717) is 0 Å². The van der Waals surface area contributed by atoms with Crippen molar-refractivity contribution >= 4 is 10.0 Å². The Morgan fingerprint density at radius 3 is 2.55 bits per heavy atom. The topological polar surface area (TPSA) is 46.2 Å². The van der Waals surface area contributed by atoms with E-state index in [1.54, 1.807) is 0 Å². The maximum absolute atomic E-state index is 10.9. The minimum atomic E-state index is -3.23. The molecule has 0 aromatic heterocycles. The molecule has 0 aromatic rings. The lowest BCUT2D eigenvalue weighted by Crippen LogP contribution is -2.30. The molecule has 0 radical (unpaired) electrons. The summed E-state index contributed by atoms with van der Waals surface area (Å²) >= 11 is 0. The molecule has 0 amide bonds. The maximum Gasteiger partial charge on any atom is 0.233 e. The first kappa shape index (κ1) is 10.7. The Balaban J connectivity index is 3.94. The molecule has 0 aliphatic rings. The quantitative estimate of drug-likeness (QED) is 0.686. The predicted octanol–water partition coefficient (Wildman–Crippen LogP) is 1.24. The second-order valence-electron chi connectivity index (χ2n) is 2.52. The monoisotopic (exact) mass is 177 g/mol. The van der Waals surface area contributed by atoms with Crippen LogP contribution < -0.4 is 4.72 Å². The van der Waals surface area contributed by atoms with Crippen LogP contribution in [0.2, 0.25) is 0 Å². The number of sulfonamides is 1. The van der Waals surface area contributed by atoms with E-state index >= 15 is 0 Å². The Morgan fingerprint density at radius 2 is 2.18 bits per heavy atom. The molecule has 3 nitrogen and oxygen atoms in total. The zero-order chi connectivity index (χ0) is 8.91. The van der Waals surface area contributed by atoms with Gasteiger partial charge >= 0.3 is 0 Å². The highest BCUT2D eigenvalue weighted by Crippen LogP contribution is 1.97. The van der Waals surface area contributed by atoms with E-state index in [0.717, 1.165) is 18.2 Å². The summed E-state index contributed by atoms with van der Waals surface area (Å²) < 4.78 is 24.2. The molecule has 1 unspecified atom stereocenters. The fraction of sp³-hybridized carbons (Fsp3) is 0.714. The summed E-state index contributed by atoms with van der Waals surface area (Å²) in [6, 6.07) is 0.00278. The van der Waals surface area contributed by atoms with E-state index in [1.807, 2.05) is 13.8 Å². The average molecular weight is 177 g/mol. The summed E-state index contributed by atoms with van der Waals surface area (Å²) in [5.74, 6) is 0. The highest BCUT2D eigenvalue weighted by Gasteiger charge is 2.08. The number of rotatable bonds is 5. The van der Waals surface area contributed by atoms with Crippen LogP contribution in [0.3, 0.4) is 0 Å². The van der Waals surface area contributed by atoms with Gasteiger partial charge in [-0.05, 0) is 13.3 Å². The first-order chi connectivity index (χ1) is 5.02. The van der Waals surface area contributed by atoms with Gasteiger partial charge in [-0.1, -0.05) is 19.9 Å². The zero-order valence-corrected chi connectivity index (χ0v) is 7.82. The van der Waals surface area contributed by atoms with Gasteiger partial charge in [0.25, 0.3) is 0 Å². The van der Waals surface area contributed by atoms with Crippen LogP contribution in [-0.4, -0.2) is 14.5 Å². The molecule has 0 fully saturated rings. The lowest BCUT2D eigenvalue weighted by atomic mass is 10.2. The lowest BCUT2D eigenvalue weighted by Gasteiger charge is -2.09. The molecule has 0 bridgehead atoms. The van der Waals surface area contributed by atoms with E-state index in [1.165, 1.54) is 0 Å². The van der Waals surface area contributed by atoms with Crippen LogP contribution in [0, 0.1) is 0 Å². The normalized spacial score (nSPS) is 14.4. The Hall–Kier alpha value is -0.350. The van der Waals surface area contributed by atoms with Gasteiger partial charge < -0.3 is 0 Å². The fourth-order valence-corrected chi connectivity index (χ4v) is 1.60. The van der Waals surface area contributed by atoms with E-state index in [9.17, 15) is 8.42 Å². The Bertz CT molecular complexity index is 208. The van der Waals surface area contributed by atoms with Crippen molar-refractivity contribution in [3.05, 3.63) is 12.0 Å². The van der Waals surface area contributed by atoms with Crippen molar-refractivity contribution in [1.82, 2.24) is 4.72 Å². The Labute approximate surface area is 68.5 Å². The lowest BCUT2D eigenvalue weighted by molar-refractivity contribution is 0.551. The van der Waals surface area contributed by atoms with E-state index in [4.69, 9.17) is 0 Å². The van der Waals surface area contributed by atoms with Gasteiger partial charge in [0.15, 0.2) is 0 Å². The first-order valence-corrected chi connectivity index (χ1v) is 5.21. The Morgan fingerprint density at radius 1 is 1.64 bits per heavy atom. The van der Waals surface area contributed by atoms with Gasteiger partial charge in [-0.25, -0.2) is 13.1 Å². The summed E-state index contributed by atoms with van der Waals surface area (Å²) in [7, 11) is -3.23. The summed E-state index contributed by atoms with van der Waals surface area (Å²) in [6.45, 7) is 7.05. The number of nitrogens with one attached hydrogen (secondary N) is 1. The van der Waals surface area contributed by atoms with Gasteiger partial charge in [-0.15, -0.1) is 0 Å². The maximum atomic E-state index is 10.9. The molecule has 0 saturated carbocycles. The second-order valence-corrected chi connectivity index (χ2v) is 4.18. The average Bonchev–Trinajstić information content (AvgIpc) is 1.87. The third-order valence-corrected chi connectivity index (χ3v) is 2.48. The Kier molecular flexibility index (Phi) is 4.37. The van der Waals surface area contributed by atoms with Crippen LogP contribution in [0.1, 0.15) is 26.7 Å². The standard InChI is InChI=1S/C7H15NO2S/c1-4-6-7(3)8-11(9,10)5-2/h5,7-8H,2,4,6H2,1,3H3. The van der Waals surface area contributed by atoms with Crippen molar-refractivity contribution in [3.63, 3.8) is 0 Å². The highest BCUT2D eigenvalue weighted by molar-refractivity contribution is 7.92. The van der Waals surface area contributed by atoms with Gasteiger partial charge in [-0.3, -0.25) is 0 Å². The third-order valence-electron chi connectivity index (χ3n) is 1.31. The summed E-state index contributed by atoms with van der Waals surface area (Å²) in [5, 5.41) is 0.930. The van der Waals surface area contributed by atoms with Gasteiger partial charge in [-0.2, -0.15) is 0 Å². The summed E-state index contributed by atoms with van der Waals surface area (Å²) in [5.41, 5.74) is 0.